The summed E-state index contributed by atoms with van der Waals surface area (Å²) in [5, 5.41) is 12.1. The summed E-state index contributed by atoms with van der Waals surface area (Å²) in [5.74, 6) is 1.92. The number of nitrogens with one attached hydrogen (secondary N) is 1. The highest BCUT2D eigenvalue weighted by Gasteiger charge is 2.44. The molecule has 37 heavy (non-hydrogen) atoms. The minimum absolute atomic E-state index is 0.219. The van der Waals surface area contributed by atoms with Crippen molar-refractivity contribution in [3.8, 4) is 11.8 Å². The third-order valence-corrected chi connectivity index (χ3v) is 7.28. The quantitative estimate of drug-likeness (QED) is 0.535. The lowest BCUT2D eigenvalue weighted by molar-refractivity contribution is 0.0367. The third kappa shape index (κ3) is 7.70. The zero-order valence-corrected chi connectivity index (χ0v) is 22.5. The highest BCUT2D eigenvalue weighted by atomic mass is 16.6. The number of alkyl carbamates (subject to hydrolysis) is 1. The summed E-state index contributed by atoms with van der Waals surface area (Å²) in [6.45, 7) is 9.63. The van der Waals surface area contributed by atoms with E-state index in [9.17, 15) is 4.79 Å². The number of nitrogens with zero attached hydrogens (tertiary/aromatic N) is 3. The lowest BCUT2D eigenvalue weighted by Gasteiger charge is -2.43. The van der Waals surface area contributed by atoms with Gasteiger partial charge in [-0.1, -0.05) is 30.3 Å². The van der Waals surface area contributed by atoms with Crippen molar-refractivity contribution >= 4 is 6.09 Å². The van der Waals surface area contributed by atoms with Gasteiger partial charge in [0.05, 0.1) is 17.7 Å². The highest BCUT2D eigenvalue weighted by molar-refractivity contribution is 5.68. The van der Waals surface area contributed by atoms with E-state index in [1.165, 1.54) is 18.4 Å². The zero-order chi connectivity index (χ0) is 26.4. The molecule has 0 aromatic heterocycles. The van der Waals surface area contributed by atoms with Gasteiger partial charge in [0.25, 0.3) is 0 Å². The summed E-state index contributed by atoms with van der Waals surface area (Å²) in [5.41, 5.74) is 1.38. The molecule has 3 atom stereocenters. The average Bonchev–Trinajstić information content (AvgIpc) is 3.13. The molecule has 2 aromatic carbocycles. The Kier molecular flexibility index (Phi) is 8.73. The second-order valence-electron chi connectivity index (χ2n) is 11.5. The van der Waals surface area contributed by atoms with E-state index in [4.69, 9.17) is 14.7 Å². The fourth-order valence-electron chi connectivity index (χ4n) is 5.89. The Morgan fingerprint density at radius 1 is 1.11 bits per heavy atom. The maximum Gasteiger partial charge on any atom is 0.408 e. The van der Waals surface area contributed by atoms with Gasteiger partial charge in [0.1, 0.15) is 18.0 Å². The van der Waals surface area contributed by atoms with Gasteiger partial charge in [-0.05, 0) is 82.3 Å². The van der Waals surface area contributed by atoms with Gasteiger partial charge >= 0.3 is 6.09 Å². The molecule has 2 bridgehead atoms. The molecular weight excluding hydrogens is 464 g/mol. The van der Waals surface area contributed by atoms with Crippen molar-refractivity contribution in [2.75, 3.05) is 33.3 Å². The molecule has 1 saturated heterocycles. The van der Waals surface area contributed by atoms with Crippen LogP contribution in [0.3, 0.4) is 0 Å². The summed E-state index contributed by atoms with van der Waals surface area (Å²) >= 11 is 0. The topological polar surface area (TPSA) is 77.8 Å². The molecule has 7 heteroatoms. The Bertz CT molecular complexity index is 1050. The van der Waals surface area contributed by atoms with Crippen molar-refractivity contribution < 1.29 is 14.3 Å². The van der Waals surface area contributed by atoms with Crippen molar-refractivity contribution in [2.24, 2.45) is 11.8 Å². The van der Waals surface area contributed by atoms with Crippen LogP contribution in [-0.2, 0) is 11.3 Å². The summed E-state index contributed by atoms with van der Waals surface area (Å²) in [6, 6.07) is 20.2. The number of likely N-dealkylation sites (tertiary alicyclic amines) is 1. The van der Waals surface area contributed by atoms with Crippen LogP contribution < -0.4 is 10.1 Å². The average molecular weight is 505 g/mol. The minimum Gasteiger partial charge on any atom is -0.491 e. The second-order valence-corrected chi connectivity index (χ2v) is 11.5. The van der Waals surface area contributed by atoms with Crippen LogP contribution in [0.2, 0.25) is 0 Å². The summed E-state index contributed by atoms with van der Waals surface area (Å²) in [6.07, 6.45) is 2.06. The molecule has 1 saturated carbocycles. The Morgan fingerprint density at radius 3 is 2.35 bits per heavy atom. The molecule has 1 aliphatic carbocycles. The number of piperidine rings is 1. The molecule has 2 aliphatic rings. The predicted molar refractivity (Wildman–Crippen MR) is 144 cm³/mol. The van der Waals surface area contributed by atoms with E-state index >= 15 is 0 Å². The normalized spacial score (nSPS) is 22.3. The lowest BCUT2D eigenvalue weighted by Crippen LogP contribution is -2.55. The predicted octanol–water partition coefficient (Wildman–Crippen LogP) is 4.67. The van der Waals surface area contributed by atoms with Crippen LogP contribution in [0, 0.1) is 23.2 Å². The van der Waals surface area contributed by atoms with Gasteiger partial charge in [0.15, 0.2) is 0 Å². The maximum absolute atomic E-state index is 12.6. The van der Waals surface area contributed by atoms with E-state index in [0.29, 0.717) is 42.3 Å². The summed E-state index contributed by atoms with van der Waals surface area (Å²) < 4.78 is 11.6. The molecule has 2 fully saturated rings. The molecule has 1 heterocycles. The number of ether oxygens (including phenoxy) is 2. The van der Waals surface area contributed by atoms with Crippen LogP contribution in [0.1, 0.15) is 44.7 Å². The number of carbonyl (C=O) groups excluding carboxylic acids is 1. The van der Waals surface area contributed by atoms with Gasteiger partial charge in [0.2, 0.25) is 0 Å². The molecule has 0 spiro atoms. The van der Waals surface area contributed by atoms with Gasteiger partial charge < -0.3 is 19.7 Å². The van der Waals surface area contributed by atoms with Gasteiger partial charge in [-0.3, -0.25) is 4.90 Å². The van der Waals surface area contributed by atoms with Gasteiger partial charge in [0, 0.05) is 32.2 Å². The monoisotopic (exact) mass is 504 g/mol. The van der Waals surface area contributed by atoms with Crippen LogP contribution in [-0.4, -0.2) is 66.9 Å². The fraction of sp³-hybridized carbons (Fsp3) is 0.533. The van der Waals surface area contributed by atoms with Crippen molar-refractivity contribution in [1.82, 2.24) is 15.1 Å². The SMILES string of the molecule is CN(Cc1ccccc1)C1C2CCC1CN(C[C@@H](COc1ccc(C#N)cc1)NC(=O)OC(C)(C)C)C2. The number of rotatable bonds is 9. The Labute approximate surface area is 221 Å². The number of hydrogen-bond acceptors (Lipinski definition) is 6. The molecule has 4 rings (SSSR count). The molecule has 1 aliphatic heterocycles. The molecule has 2 aromatic rings. The first kappa shape index (κ1) is 27.0. The second kappa shape index (κ2) is 12.0. The first-order chi connectivity index (χ1) is 17.7. The van der Waals surface area contributed by atoms with Crippen molar-refractivity contribution in [3.63, 3.8) is 0 Å². The van der Waals surface area contributed by atoms with E-state index in [1.807, 2.05) is 20.8 Å². The van der Waals surface area contributed by atoms with E-state index in [2.05, 4.69) is 58.6 Å². The Morgan fingerprint density at radius 2 is 1.76 bits per heavy atom. The smallest absolute Gasteiger partial charge is 0.408 e. The third-order valence-electron chi connectivity index (χ3n) is 7.28. The van der Waals surface area contributed by atoms with E-state index < -0.39 is 11.7 Å². The van der Waals surface area contributed by atoms with Crippen LogP contribution in [0.25, 0.3) is 0 Å². The van der Waals surface area contributed by atoms with Crippen LogP contribution in [0.5, 0.6) is 5.75 Å². The number of hydrogen-bond donors (Lipinski definition) is 1. The number of benzene rings is 2. The minimum atomic E-state index is -0.566. The summed E-state index contributed by atoms with van der Waals surface area (Å²) in [7, 11) is 2.26. The lowest BCUT2D eigenvalue weighted by atomic mass is 9.90. The van der Waals surface area contributed by atoms with Crippen molar-refractivity contribution in [3.05, 3.63) is 65.7 Å². The van der Waals surface area contributed by atoms with E-state index in [0.717, 1.165) is 19.6 Å². The van der Waals surface area contributed by atoms with Gasteiger partial charge in [-0.25, -0.2) is 4.79 Å². The number of amides is 1. The Hall–Kier alpha value is -3.08. The van der Waals surface area contributed by atoms with Crippen LogP contribution >= 0.6 is 0 Å². The molecular formula is C30H40N4O3. The maximum atomic E-state index is 12.6. The molecule has 2 unspecified atom stereocenters. The first-order valence-electron chi connectivity index (χ1n) is 13.3. The zero-order valence-electron chi connectivity index (χ0n) is 22.5. The molecule has 198 valence electrons. The van der Waals surface area contributed by atoms with E-state index in [-0.39, 0.29) is 6.04 Å². The molecule has 1 amide bonds. The van der Waals surface area contributed by atoms with E-state index in [1.54, 1.807) is 24.3 Å². The fourth-order valence-corrected chi connectivity index (χ4v) is 5.89. The number of fused-ring (bicyclic) bond motifs is 2. The molecule has 0 radical (unpaired) electrons. The molecule has 1 N–H and O–H groups in total. The standard InChI is InChI=1S/C30H40N4O3/c1-30(2,3)37-29(35)32-26(21-36-27-14-10-22(16-31)11-15-27)20-34-18-24-12-13-25(19-34)28(24)33(4)17-23-8-6-5-7-9-23/h5-11,14-15,24-26,28H,12-13,17-21H2,1-4H3,(H,32,35)/t24?,25?,26-,28?/m0/s1. The Balaban J connectivity index is 1.37. The number of carbonyl (C=O) groups is 1. The number of nitriles is 1. The van der Waals surface area contributed by atoms with Crippen LogP contribution in [0.4, 0.5) is 4.79 Å². The molecule has 7 nitrogen and oxygen atoms in total. The largest absolute Gasteiger partial charge is 0.491 e. The van der Waals surface area contributed by atoms with Crippen LogP contribution in [0.15, 0.2) is 54.6 Å². The highest BCUT2D eigenvalue weighted by Crippen LogP contribution is 2.40. The first-order valence-corrected chi connectivity index (χ1v) is 13.3. The van der Waals surface area contributed by atoms with Crippen molar-refractivity contribution in [2.45, 2.75) is 57.8 Å². The van der Waals surface area contributed by atoms with Gasteiger partial charge in [-0.2, -0.15) is 5.26 Å². The van der Waals surface area contributed by atoms with Crippen molar-refractivity contribution in [1.29, 1.82) is 5.26 Å². The van der Waals surface area contributed by atoms with Gasteiger partial charge in [-0.15, -0.1) is 0 Å². The summed E-state index contributed by atoms with van der Waals surface area (Å²) in [4.78, 5) is 17.6.